The fourth-order valence-corrected chi connectivity index (χ4v) is 5.30. The zero-order valence-corrected chi connectivity index (χ0v) is 26.4. The number of aliphatic hydroxyl groups excluding tert-OH is 6. The van der Waals surface area contributed by atoms with Crippen molar-refractivity contribution in [2.45, 2.75) is 6.92 Å². The molecule has 0 aliphatic rings. The van der Waals surface area contributed by atoms with Crippen molar-refractivity contribution in [1.29, 1.82) is 0 Å². The van der Waals surface area contributed by atoms with E-state index in [1.54, 1.807) is 7.11 Å². The Kier molecular flexibility index (Phi) is 21.7. The van der Waals surface area contributed by atoms with E-state index in [2.05, 4.69) is 11.0 Å². The van der Waals surface area contributed by atoms with E-state index >= 15 is 0 Å². The van der Waals surface area contributed by atoms with Crippen LogP contribution in [0.4, 0.5) is 5.69 Å². The molecule has 0 bridgehead atoms. The Hall–Kier alpha value is -1.62. The molecule has 0 spiro atoms. The number of nitrogens with zero attached hydrogens (tertiary/aromatic N) is 3. The number of aliphatic hydroxyl groups is 6. The first-order valence-electron chi connectivity index (χ1n) is 15.4. The van der Waals surface area contributed by atoms with Gasteiger partial charge in [0.1, 0.15) is 58.1 Å². The number of quaternary nitrogens is 2. The maximum Gasteiger partial charge on any atom is 0.142 e. The smallest absolute Gasteiger partial charge is 0.142 e. The normalized spacial score (nSPS) is 12.2. The molecule has 1 rings (SSSR count). The molecule has 0 aliphatic heterocycles. The van der Waals surface area contributed by atoms with E-state index in [4.69, 9.17) is 18.9 Å². The average Bonchev–Trinajstić information content (AvgIpc) is 2.98. The third-order valence-electron chi connectivity index (χ3n) is 7.92. The summed E-state index contributed by atoms with van der Waals surface area (Å²) in [6, 6.07) is 6.02. The van der Waals surface area contributed by atoms with Crippen LogP contribution in [0.2, 0.25) is 0 Å². The summed E-state index contributed by atoms with van der Waals surface area (Å²) in [4.78, 5) is 2.16. The van der Waals surface area contributed by atoms with Crippen molar-refractivity contribution in [3.05, 3.63) is 23.8 Å². The Morgan fingerprint density at radius 3 is 1.35 bits per heavy atom. The summed E-state index contributed by atoms with van der Waals surface area (Å²) in [5.74, 6) is 0.758. The first kappa shape index (κ1) is 39.4. The Morgan fingerprint density at radius 1 is 0.558 bits per heavy atom. The van der Waals surface area contributed by atoms with Crippen LogP contribution in [0.5, 0.6) is 5.75 Å². The molecule has 0 unspecified atom stereocenters. The molecule has 0 amide bonds. The van der Waals surface area contributed by atoms with Crippen LogP contribution < -0.4 is 9.64 Å². The third-order valence-corrected chi connectivity index (χ3v) is 7.92. The van der Waals surface area contributed by atoms with Crippen molar-refractivity contribution in [2.75, 3.05) is 157 Å². The summed E-state index contributed by atoms with van der Waals surface area (Å²) in [5, 5.41) is 56.7. The molecule has 0 fully saturated rings. The van der Waals surface area contributed by atoms with Crippen molar-refractivity contribution in [2.24, 2.45) is 0 Å². The second-order valence-corrected chi connectivity index (χ2v) is 10.8. The lowest BCUT2D eigenvalue weighted by Crippen LogP contribution is -2.55. The molecule has 0 heterocycles. The fourth-order valence-electron chi connectivity index (χ4n) is 5.30. The van der Waals surface area contributed by atoms with Crippen molar-refractivity contribution in [3.63, 3.8) is 0 Å². The van der Waals surface area contributed by atoms with Crippen molar-refractivity contribution >= 4 is 5.69 Å². The number of hydrogen-bond donors (Lipinski definition) is 6. The van der Waals surface area contributed by atoms with Crippen LogP contribution in [-0.4, -0.2) is 191 Å². The van der Waals surface area contributed by atoms with Gasteiger partial charge in [-0.2, -0.15) is 0 Å². The highest BCUT2D eigenvalue weighted by Gasteiger charge is 2.26. The molecule has 0 saturated carbocycles. The lowest BCUT2D eigenvalue weighted by molar-refractivity contribution is -0.929. The second-order valence-electron chi connectivity index (χ2n) is 10.8. The van der Waals surface area contributed by atoms with Crippen LogP contribution >= 0.6 is 0 Å². The predicted molar refractivity (Wildman–Crippen MR) is 164 cm³/mol. The van der Waals surface area contributed by atoms with Crippen molar-refractivity contribution in [1.82, 2.24) is 0 Å². The van der Waals surface area contributed by atoms with E-state index in [0.29, 0.717) is 114 Å². The minimum atomic E-state index is -0.0247. The minimum absolute atomic E-state index is 0.0203. The molecule has 252 valence electrons. The Morgan fingerprint density at radius 2 is 0.953 bits per heavy atom. The fraction of sp³-hybridized carbons (Fsp3) is 0.800. The number of hydrogen-bond acceptors (Lipinski definition) is 11. The van der Waals surface area contributed by atoms with E-state index in [1.165, 1.54) is 0 Å². The standard InChI is InChI=1S/C30H59N3O10/c1-28-3-4-30(40-2)29(27-28)31(5-21-41-23-13-32(7-15-34,8-16-35)9-17-36)6-22-42-25-26-43-24-14-33(10-18-37,11-19-38)12-20-39/h3-4,27,34-39H,5-26H2,1-2H3/q+2. The van der Waals surface area contributed by atoms with Gasteiger partial charge in [0.25, 0.3) is 0 Å². The number of methoxy groups -OCH3 is 1. The topological polar surface area (TPSA) is 162 Å². The first-order valence-corrected chi connectivity index (χ1v) is 15.4. The molecule has 1 aromatic carbocycles. The summed E-state index contributed by atoms with van der Waals surface area (Å²) in [5.41, 5.74) is 2.05. The predicted octanol–water partition coefficient (Wildman–Crippen LogP) is -1.55. The SMILES string of the molecule is COc1ccc(C)cc1N(CCOCCOCC[N+](CCO)(CCO)CCO)CCOCC[N+](CCO)(CCO)CCO. The van der Waals surface area contributed by atoms with Crippen LogP contribution in [-0.2, 0) is 14.2 Å². The lowest BCUT2D eigenvalue weighted by Gasteiger charge is -2.37. The number of rotatable bonds is 29. The van der Waals surface area contributed by atoms with Gasteiger partial charge in [0, 0.05) is 13.1 Å². The summed E-state index contributed by atoms with van der Waals surface area (Å²) in [6.45, 7) is 9.58. The first-order chi connectivity index (χ1) is 20.9. The molecule has 13 nitrogen and oxygen atoms in total. The molecule has 0 aliphatic carbocycles. The molecular formula is C30H59N3O10+2. The van der Waals surface area contributed by atoms with Gasteiger partial charge in [-0.25, -0.2) is 0 Å². The van der Waals surface area contributed by atoms with E-state index in [1.807, 2.05) is 19.1 Å². The summed E-state index contributed by atoms with van der Waals surface area (Å²) in [6.07, 6.45) is 0. The summed E-state index contributed by atoms with van der Waals surface area (Å²) >= 11 is 0. The van der Waals surface area contributed by atoms with Crippen LogP contribution in [0.15, 0.2) is 18.2 Å². The van der Waals surface area contributed by atoms with Gasteiger partial charge in [0.05, 0.1) is 92.1 Å². The molecule has 0 aromatic heterocycles. The van der Waals surface area contributed by atoms with E-state index in [-0.39, 0.29) is 39.6 Å². The Balaban J connectivity index is 2.62. The number of benzene rings is 1. The third kappa shape index (κ3) is 15.3. The van der Waals surface area contributed by atoms with Crippen LogP contribution in [0, 0.1) is 6.92 Å². The Bertz CT molecular complexity index is 786. The van der Waals surface area contributed by atoms with Gasteiger partial charge >= 0.3 is 0 Å². The van der Waals surface area contributed by atoms with E-state index in [9.17, 15) is 30.6 Å². The van der Waals surface area contributed by atoms with Gasteiger partial charge in [0.2, 0.25) is 0 Å². The zero-order valence-electron chi connectivity index (χ0n) is 26.4. The molecule has 0 saturated heterocycles. The molecule has 1 aromatic rings. The van der Waals surface area contributed by atoms with E-state index in [0.717, 1.165) is 17.0 Å². The van der Waals surface area contributed by atoms with Crippen LogP contribution in [0.3, 0.4) is 0 Å². The number of aryl methyl sites for hydroxylation is 1. The van der Waals surface area contributed by atoms with Crippen molar-refractivity contribution < 1.29 is 58.6 Å². The summed E-state index contributed by atoms with van der Waals surface area (Å²) < 4.78 is 24.0. The largest absolute Gasteiger partial charge is 0.495 e. The second kappa shape index (κ2) is 23.7. The number of ether oxygens (including phenoxy) is 4. The lowest BCUT2D eigenvalue weighted by atomic mass is 10.2. The maximum absolute atomic E-state index is 9.50. The maximum atomic E-state index is 9.50. The molecule has 0 atom stereocenters. The average molecular weight is 622 g/mol. The molecule has 6 N–H and O–H groups in total. The van der Waals surface area contributed by atoms with Crippen LogP contribution in [0.25, 0.3) is 0 Å². The zero-order chi connectivity index (χ0) is 31.8. The highest BCUT2D eigenvalue weighted by Crippen LogP contribution is 2.29. The van der Waals surface area contributed by atoms with E-state index < -0.39 is 0 Å². The molecular weight excluding hydrogens is 562 g/mol. The minimum Gasteiger partial charge on any atom is -0.495 e. The summed E-state index contributed by atoms with van der Waals surface area (Å²) in [7, 11) is 1.65. The van der Waals surface area contributed by atoms with Crippen molar-refractivity contribution in [3.8, 4) is 5.75 Å². The quantitative estimate of drug-likeness (QED) is 0.0454. The number of anilines is 1. The molecule has 13 heteroatoms. The monoisotopic (exact) mass is 621 g/mol. The highest BCUT2D eigenvalue weighted by atomic mass is 16.5. The van der Waals surface area contributed by atoms with Gasteiger partial charge in [-0.1, -0.05) is 6.07 Å². The van der Waals surface area contributed by atoms with Gasteiger partial charge in [0.15, 0.2) is 0 Å². The molecule has 43 heavy (non-hydrogen) atoms. The molecule has 0 radical (unpaired) electrons. The van der Waals surface area contributed by atoms with Crippen LogP contribution in [0.1, 0.15) is 5.56 Å². The Labute approximate surface area is 257 Å². The highest BCUT2D eigenvalue weighted by molar-refractivity contribution is 5.60. The van der Waals surface area contributed by atoms with Gasteiger partial charge < -0.3 is 63.5 Å². The van der Waals surface area contributed by atoms with Gasteiger partial charge in [-0.15, -0.1) is 0 Å². The van der Waals surface area contributed by atoms with Gasteiger partial charge in [-0.05, 0) is 24.6 Å². The van der Waals surface area contributed by atoms with Gasteiger partial charge in [-0.3, -0.25) is 0 Å².